The fourth-order valence-electron chi connectivity index (χ4n) is 3.66. The highest BCUT2D eigenvalue weighted by molar-refractivity contribution is 7.17. The zero-order valence-electron chi connectivity index (χ0n) is 15.3. The first-order chi connectivity index (χ1) is 13.6. The van der Waals surface area contributed by atoms with E-state index in [4.69, 9.17) is 10.7 Å². The van der Waals surface area contributed by atoms with E-state index in [9.17, 15) is 15.2 Å². The molecule has 28 heavy (non-hydrogen) atoms. The first kappa shape index (κ1) is 18.6. The minimum atomic E-state index is -0.160. The fourth-order valence-corrected chi connectivity index (χ4v) is 4.61. The maximum absolute atomic E-state index is 13.3. The number of nitrogens with zero attached hydrogens (tertiary/aromatic N) is 4. The molecule has 0 saturated carbocycles. The van der Waals surface area contributed by atoms with Gasteiger partial charge in [-0.15, -0.1) is 11.3 Å². The van der Waals surface area contributed by atoms with Crippen molar-refractivity contribution in [1.82, 2.24) is 9.55 Å². The number of nitrogens with two attached hydrogens (primary N) is 1. The Kier molecular flexibility index (Phi) is 5.13. The lowest BCUT2D eigenvalue weighted by atomic mass is 10.1. The molecule has 1 aliphatic rings. The Morgan fingerprint density at radius 2 is 2.18 bits per heavy atom. The fraction of sp³-hybridized carbons (Fsp3) is 0.350. The summed E-state index contributed by atoms with van der Waals surface area (Å²) in [6.07, 6.45) is 1.88. The van der Waals surface area contributed by atoms with Crippen molar-refractivity contribution in [3.63, 3.8) is 0 Å². The highest BCUT2D eigenvalue weighted by Crippen LogP contribution is 2.26. The van der Waals surface area contributed by atoms with E-state index in [1.807, 2.05) is 23.1 Å². The van der Waals surface area contributed by atoms with Crippen LogP contribution in [0.5, 0.6) is 0 Å². The molecule has 3 N–H and O–H groups in total. The van der Waals surface area contributed by atoms with Gasteiger partial charge in [0.1, 0.15) is 4.70 Å². The number of hydrogen-bond donors (Lipinski definition) is 2. The molecule has 1 fully saturated rings. The number of aliphatic hydroxyl groups excluding tert-OH is 1. The standard InChI is InChI=1S/C20H21N5O2S/c21-8-13-4-1-2-5-14(13)9-25-19(27)18-17(15(11-26)12-28-18)23-20(25)24-7-3-6-16(22)10-24/h1-2,4-5,12,16,26H,3,6-7,9-11,22H2. The third kappa shape index (κ3) is 3.29. The van der Waals surface area contributed by atoms with E-state index in [0.29, 0.717) is 33.8 Å². The van der Waals surface area contributed by atoms with Crippen LogP contribution in [-0.4, -0.2) is 33.8 Å². The molecule has 3 aromatic rings. The van der Waals surface area contributed by atoms with Crippen LogP contribution < -0.4 is 16.2 Å². The quantitative estimate of drug-likeness (QED) is 0.697. The van der Waals surface area contributed by atoms with E-state index in [2.05, 4.69) is 6.07 Å². The second kappa shape index (κ2) is 7.72. The lowest BCUT2D eigenvalue weighted by molar-refractivity contribution is 0.283. The average Bonchev–Trinajstić information content (AvgIpc) is 3.13. The first-order valence-corrected chi connectivity index (χ1v) is 10.1. The Bertz CT molecular complexity index is 1110. The van der Waals surface area contributed by atoms with Crippen LogP contribution in [0.3, 0.4) is 0 Å². The molecule has 1 aromatic carbocycles. The maximum atomic E-state index is 13.3. The van der Waals surface area contributed by atoms with Gasteiger partial charge in [-0.1, -0.05) is 18.2 Å². The van der Waals surface area contributed by atoms with E-state index in [1.165, 1.54) is 11.3 Å². The predicted molar refractivity (Wildman–Crippen MR) is 109 cm³/mol. The highest BCUT2D eigenvalue weighted by atomic mass is 32.1. The van der Waals surface area contributed by atoms with Gasteiger partial charge in [-0.2, -0.15) is 5.26 Å². The molecular formula is C20H21N5O2S. The maximum Gasteiger partial charge on any atom is 0.273 e. The molecule has 2 aromatic heterocycles. The number of fused-ring (bicyclic) bond motifs is 1. The van der Waals surface area contributed by atoms with Gasteiger partial charge in [0.25, 0.3) is 5.56 Å². The third-order valence-corrected chi connectivity index (χ3v) is 6.11. The molecule has 0 spiro atoms. The molecule has 1 aliphatic heterocycles. The average molecular weight is 395 g/mol. The van der Waals surface area contributed by atoms with Gasteiger partial charge < -0.3 is 15.7 Å². The van der Waals surface area contributed by atoms with Crippen LogP contribution in [-0.2, 0) is 13.2 Å². The number of thiophene rings is 1. The largest absolute Gasteiger partial charge is 0.392 e. The highest BCUT2D eigenvalue weighted by Gasteiger charge is 2.24. The normalized spacial score (nSPS) is 17.0. The molecule has 3 heterocycles. The molecule has 7 nitrogen and oxygen atoms in total. The smallest absolute Gasteiger partial charge is 0.273 e. The number of benzene rings is 1. The van der Waals surface area contributed by atoms with Gasteiger partial charge in [0, 0.05) is 24.7 Å². The van der Waals surface area contributed by atoms with Crippen LogP contribution in [0, 0.1) is 11.3 Å². The van der Waals surface area contributed by atoms with Crippen LogP contribution in [0.15, 0.2) is 34.4 Å². The van der Waals surface area contributed by atoms with Crippen molar-refractivity contribution in [3.8, 4) is 6.07 Å². The van der Waals surface area contributed by atoms with E-state index >= 15 is 0 Å². The molecule has 144 valence electrons. The molecule has 4 rings (SSSR count). The van der Waals surface area contributed by atoms with Crippen LogP contribution in [0.1, 0.15) is 29.5 Å². The molecule has 1 atom stereocenters. The van der Waals surface area contributed by atoms with Crippen molar-refractivity contribution in [1.29, 1.82) is 5.26 Å². The Morgan fingerprint density at radius 1 is 1.36 bits per heavy atom. The van der Waals surface area contributed by atoms with Crippen LogP contribution >= 0.6 is 11.3 Å². The number of anilines is 1. The summed E-state index contributed by atoms with van der Waals surface area (Å²) >= 11 is 1.29. The van der Waals surface area contributed by atoms with Gasteiger partial charge in [0.05, 0.1) is 30.3 Å². The SMILES string of the molecule is N#Cc1ccccc1Cn1c(N2CCCC(N)C2)nc2c(CO)csc2c1=O. The van der Waals surface area contributed by atoms with Crippen molar-refractivity contribution in [3.05, 3.63) is 56.7 Å². The summed E-state index contributed by atoms with van der Waals surface area (Å²) in [6.45, 7) is 1.49. The summed E-state index contributed by atoms with van der Waals surface area (Å²) in [5.74, 6) is 0.550. The van der Waals surface area contributed by atoms with E-state index in [1.54, 1.807) is 16.0 Å². The summed E-state index contributed by atoms with van der Waals surface area (Å²) in [7, 11) is 0. The Labute approximate surface area is 166 Å². The number of rotatable bonds is 4. The van der Waals surface area contributed by atoms with Crippen LogP contribution in [0.4, 0.5) is 5.95 Å². The number of piperidine rings is 1. The van der Waals surface area contributed by atoms with Crippen molar-refractivity contribution < 1.29 is 5.11 Å². The zero-order valence-corrected chi connectivity index (χ0v) is 16.2. The summed E-state index contributed by atoms with van der Waals surface area (Å²) in [5, 5.41) is 20.8. The van der Waals surface area contributed by atoms with Crippen LogP contribution in [0.2, 0.25) is 0 Å². The molecule has 0 radical (unpaired) electrons. The molecule has 0 amide bonds. The van der Waals surface area contributed by atoms with Crippen molar-refractivity contribution in [2.75, 3.05) is 18.0 Å². The predicted octanol–water partition coefficient (Wildman–Crippen LogP) is 1.80. The van der Waals surface area contributed by atoms with Gasteiger partial charge >= 0.3 is 0 Å². The van der Waals surface area contributed by atoms with Crippen LogP contribution in [0.25, 0.3) is 10.2 Å². The monoisotopic (exact) mass is 395 g/mol. The van der Waals surface area contributed by atoms with Crippen molar-refractivity contribution in [2.24, 2.45) is 5.73 Å². The minimum Gasteiger partial charge on any atom is -0.392 e. The molecular weight excluding hydrogens is 374 g/mol. The van der Waals surface area contributed by atoms with E-state index in [-0.39, 0.29) is 24.8 Å². The van der Waals surface area contributed by atoms with E-state index in [0.717, 1.165) is 24.9 Å². The molecule has 1 saturated heterocycles. The molecule has 0 aliphatic carbocycles. The topological polar surface area (TPSA) is 108 Å². The van der Waals surface area contributed by atoms with E-state index < -0.39 is 0 Å². The van der Waals surface area contributed by atoms with Gasteiger partial charge in [-0.3, -0.25) is 9.36 Å². The molecule has 0 bridgehead atoms. The second-order valence-corrected chi connectivity index (χ2v) is 7.90. The Morgan fingerprint density at radius 3 is 2.93 bits per heavy atom. The Balaban J connectivity index is 1.90. The van der Waals surface area contributed by atoms with Gasteiger partial charge in [-0.05, 0) is 29.9 Å². The molecule has 1 unspecified atom stereocenters. The van der Waals surface area contributed by atoms with Crippen molar-refractivity contribution in [2.45, 2.75) is 32.0 Å². The minimum absolute atomic E-state index is 0.0287. The summed E-state index contributed by atoms with van der Waals surface area (Å²) < 4.78 is 2.15. The van der Waals surface area contributed by atoms with Gasteiger partial charge in [0.15, 0.2) is 0 Å². The summed E-state index contributed by atoms with van der Waals surface area (Å²) in [4.78, 5) is 20.1. The van der Waals surface area contributed by atoms with Crippen molar-refractivity contribution >= 4 is 27.5 Å². The number of aromatic nitrogens is 2. The number of aliphatic hydroxyl groups is 1. The number of nitriles is 1. The second-order valence-electron chi connectivity index (χ2n) is 7.02. The van der Waals surface area contributed by atoms with Gasteiger partial charge in [-0.25, -0.2) is 4.98 Å². The Hall–Kier alpha value is -2.73. The zero-order chi connectivity index (χ0) is 19.7. The van der Waals surface area contributed by atoms with Gasteiger partial charge in [0.2, 0.25) is 5.95 Å². The summed E-state index contributed by atoms with van der Waals surface area (Å²) in [5.41, 5.74) is 8.53. The first-order valence-electron chi connectivity index (χ1n) is 9.22. The lowest BCUT2D eigenvalue weighted by Gasteiger charge is -2.33. The number of hydrogen-bond acceptors (Lipinski definition) is 7. The molecule has 8 heteroatoms. The third-order valence-electron chi connectivity index (χ3n) is 5.11. The lowest BCUT2D eigenvalue weighted by Crippen LogP contribution is -2.45. The summed E-state index contributed by atoms with van der Waals surface area (Å²) in [6, 6.07) is 9.49.